The van der Waals surface area contributed by atoms with Gasteiger partial charge in [-0.1, -0.05) is 60.1 Å². The van der Waals surface area contributed by atoms with Crippen molar-refractivity contribution in [1.82, 2.24) is 24.8 Å². The van der Waals surface area contributed by atoms with Gasteiger partial charge < -0.3 is 10.2 Å². The fourth-order valence-electron chi connectivity index (χ4n) is 3.37. The van der Waals surface area contributed by atoms with Crippen LogP contribution in [0.1, 0.15) is 16.2 Å². The molecule has 166 valence electrons. The lowest BCUT2D eigenvalue weighted by Gasteiger charge is -2.20. The molecule has 0 radical (unpaired) electrons. The summed E-state index contributed by atoms with van der Waals surface area (Å²) >= 11 is 5.93. The molecule has 8 heteroatoms. The van der Waals surface area contributed by atoms with Crippen LogP contribution in [0.25, 0.3) is 17.1 Å². The number of carbonyl (C=O) groups excluding carboxylic acids is 2. The third kappa shape index (κ3) is 5.27. The molecular weight excluding hydrogens is 438 g/mol. The van der Waals surface area contributed by atoms with Crippen molar-refractivity contribution in [2.45, 2.75) is 6.54 Å². The first-order chi connectivity index (χ1) is 16.0. The summed E-state index contributed by atoms with van der Waals surface area (Å²) in [7, 11) is 1.53. The maximum absolute atomic E-state index is 13.5. The summed E-state index contributed by atoms with van der Waals surface area (Å²) in [5, 5.41) is 3.06. The minimum absolute atomic E-state index is 0.126. The van der Waals surface area contributed by atoms with Gasteiger partial charge in [0.1, 0.15) is 18.1 Å². The summed E-state index contributed by atoms with van der Waals surface area (Å²) in [4.78, 5) is 36.0. The number of halogens is 1. The van der Waals surface area contributed by atoms with Gasteiger partial charge in [-0.2, -0.15) is 0 Å². The normalized spacial score (nSPS) is 10.6. The van der Waals surface area contributed by atoms with Crippen LogP contribution >= 0.6 is 11.6 Å². The Morgan fingerprint density at radius 3 is 2.33 bits per heavy atom. The lowest BCUT2D eigenvalue weighted by Crippen LogP contribution is -2.39. The van der Waals surface area contributed by atoms with E-state index in [-0.39, 0.29) is 30.6 Å². The maximum Gasteiger partial charge on any atom is 0.274 e. The fraction of sp³-hybridized carbons (Fsp3) is 0.120. The van der Waals surface area contributed by atoms with Crippen LogP contribution in [-0.2, 0) is 11.3 Å². The number of amides is 2. The largest absolute Gasteiger partial charge is 0.358 e. The van der Waals surface area contributed by atoms with Gasteiger partial charge in [0.25, 0.3) is 5.91 Å². The number of nitrogens with zero attached hydrogens (tertiary/aromatic N) is 4. The Hall–Kier alpha value is -3.97. The molecule has 0 aliphatic rings. The fourth-order valence-corrected chi connectivity index (χ4v) is 3.48. The first kappa shape index (κ1) is 22.2. The second-order valence-corrected chi connectivity index (χ2v) is 7.76. The summed E-state index contributed by atoms with van der Waals surface area (Å²) in [6.45, 7) is 0.0147. The summed E-state index contributed by atoms with van der Waals surface area (Å²) in [5.74, 6) is -0.0278. The molecular formula is C25H22ClN5O2. The van der Waals surface area contributed by atoms with Crippen LogP contribution < -0.4 is 5.32 Å². The molecule has 7 nitrogen and oxygen atoms in total. The van der Waals surface area contributed by atoms with Crippen molar-refractivity contribution >= 4 is 23.4 Å². The Morgan fingerprint density at radius 2 is 1.70 bits per heavy atom. The van der Waals surface area contributed by atoms with E-state index in [1.54, 1.807) is 18.3 Å². The monoisotopic (exact) mass is 459 g/mol. The average molecular weight is 460 g/mol. The van der Waals surface area contributed by atoms with Crippen LogP contribution in [0.4, 0.5) is 0 Å². The lowest BCUT2D eigenvalue weighted by atomic mass is 10.2. The van der Waals surface area contributed by atoms with E-state index in [1.807, 2.05) is 65.2 Å². The highest BCUT2D eigenvalue weighted by molar-refractivity contribution is 6.30. The zero-order valence-electron chi connectivity index (χ0n) is 18.0. The van der Waals surface area contributed by atoms with Crippen molar-refractivity contribution in [1.29, 1.82) is 0 Å². The van der Waals surface area contributed by atoms with E-state index in [1.165, 1.54) is 18.1 Å². The molecule has 1 N–H and O–H groups in total. The predicted octanol–water partition coefficient (Wildman–Crippen LogP) is 3.98. The number of pyridine rings is 1. The number of nitrogens with one attached hydrogen (secondary N) is 1. The molecule has 2 heterocycles. The Kier molecular flexibility index (Phi) is 6.80. The van der Waals surface area contributed by atoms with Gasteiger partial charge in [-0.3, -0.25) is 19.1 Å². The SMILES string of the molecule is CNC(=O)CN(Cc1ccc(Cl)cn1)C(=O)c1cn(-c2ccccc2)c(-c2ccccc2)n1. The molecule has 0 saturated heterocycles. The Morgan fingerprint density at radius 1 is 1.00 bits per heavy atom. The molecule has 0 fully saturated rings. The van der Waals surface area contributed by atoms with Crippen molar-refractivity contribution in [2.75, 3.05) is 13.6 Å². The molecule has 2 aromatic carbocycles. The van der Waals surface area contributed by atoms with Crippen molar-refractivity contribution in [3.05, 3.63) is 102 Å². The summed E-state index contributed by atoms with van der Waals surface area (Å²) in [6, 6.07) is 22.8. The number of carbonyl (C=O) groups is 2. The van der Waals surface area contributed by atoms with Gasteiger partial charge in [-0.05, 0) is 24.3 Å². The topological polar surface area (TPSA) is 80.1 Å². The number of benzene rings is 2. The zero-order chi connectivity index (χ0) is 23.2. The van der Waals surface area contributed by atoms with Crippen LogP contribution in [0, 0.1) is 0 Å². The van der Waals surface area contributed by atoms with Crippen LogP contribution in [0.5, 0.6) is 0 Å². The number of aromatic nitrogens is 3. The molecule has 33 heavy (non-hydrogen) atoms. The van der Waals surface area contributed by atoms with Gasteiger partial charge in [0.2, 0.25) is 5.91 Å². The molecule has 0 saturated carbocycles. The van der Waals surface area contributed by atoms with Gasteiger partial charge in [0, 0.05) is 30.7 Å². The second-order valence-electron chi connectivity index (χ2n) is 7.32. The lowest BCUT2D eigenvalue weighted by molar-refractivity contribution is -0.121. The van der Waals surface area contributed by atoms with Gasteiger partial charge in [0.05, 0.1) is 17.3 Å². The smallest absolute Gasteiger partial charge is 0.274 e. The van der Waals surface area contributed by atoms with E-state index in [0.29, 0.717) is 16.5 Å². The number of rotatable bonds is 7. The Labute approximate surface area is 196 Å². The van der Waals surface area contributed by atoms with Crippen LogP contribution in [0.15, 0.2) is 85.2 Å². The molecule has 0 unspecified atom stereocenters. The first-order valence-corrected chi connectivity index (χ1v) is 10.7. The van der Waals surface area contributed by atoms with Gasteiger partial charge in [-0.25, -0.2) is 4.98 Å². The number of para-hydroxylation sites is 1. The highest BCUT2D eigenvalue weighted by atomic mass is 35.5. The van der Waals surface area contributed by atoms with E-state index >= 15 is 0 Å². The van der Waals surface area contributed by atoms with Crippen molar-refractivity contribution in [3.63, 3.8) is 0 Å². The average Bonchev–Trinajstić information content (AvgIpc) is 3.31. The number of hydrogen-bond acceptors (Lipinski definition) is 4. The third-order valence-corrected chi connectivity index (χ3v) is 5.26. The quantitative estimate of drug-likeness (QED) is 0.453. The van der Waals surface area contributed by atoms with E-state index in [4.69, 9.17) is 11.6 Å². The molecule has 0 spiro atoms. The maximum atomic E-state index is 13.5. The molecule has 2 aromatic heterocycles. The molecule has 2 amide bonds. The number of hydrogen-bond donors (Lipinski definition) is 1. The molecule has 4 aromatic rings. The number of imidazole rings is 1. The van der Waals surface area contributed by atoms with E-state index in [9.17, 15) is 9.59 Å². The van der Waals surface area contributed by atoms with Crippen molar-refractivity contribution in [2.24, 2.45) is 0 Å². The summed E-state index contributed by atoms with van der Waals surface area (Å²) in [5.41, 5.74) is 2.59. The predicted molar refractivity (Wildman–Crippen MR) is 127 cm³/mol. The highest BCUT2D eigenvalue weighted by Gasteiger charge is 2.24. The second kappa shape index (κ2) is 10.1. The van der Waals surface area contributed by atoms with Gasteiger partial charge >= 0.3 is 0 Å². The highest BCUT2D eigenvalue weighted by Crippen LogP contribution is 2.24. The van der Waals surface area contributed by atoms with E-state index in [0.717, 1.165) is 11.3 Å². The van der Waals surface area contributed by atoms with Crippen LogP contribution in [-0.4, -0.2) is 44.8 Å². The van der Waals surface area contributed by atoms with E-state index < -0.39 is 0 Å². The van der Waals surface area contributed by atoms with E-state index in [2.05, 4.69) is 15.3 Å². The molecule has 0 aliphatic heterocycles. The molecule has 0 aliphatic carbocycles. The third-order valence-electron chi connectivity index (χ3n) is 5.03. The first-order valence-electron chi connectivity index (χ1n) is 10.4. The minimum atomic E-state index is -0.373. The zero-order valence-corrected chi connectivity index (χ0v) is 18.7. The summed E-state index contributed by atoms with van der Waals surface area (Å²) in [6.07, 6.45) is 3.21. The van der Waals surface area contributed by atoms with Crippen LogP contribution in [0.3, 0.4) is 0 Å². The van der Waals surface area contributed by atoms with Gasteiger partial charge in [-0.15, -0.1) is 0 Å². The minimum Gasteiger partial charge on any atom is -0.358 e. The Balaban J connectivity index is 1.73. The molecule has 0 bridgehead atoms. The summed E-state index contributed by atoms with van der Waals surface area (Å²) < 4.78 is 1.88. The van der Waals surface area contributed by atoms with Crippen molar-refractivity contribution < 1.29 is 9.59 Å². The van der Waals surface area contributed by atoms with Gasteiger partial charge in [0.15, 0.2) is 0 Å². The molecule has 0 atom stereocenters. The standard InChI is InChI=1S/C25H22ClN5O2/c1-27-23(32)17-30(15-20-13-12-19(26)14-28-20)25(33)22-16-31(21-10-6-3-7-11-21)24(29-22)18-8-4-2-5-9-18/h2-14,16H,15,17H2,1H3,(H,27,32). The van der Waals surface area contributed by atoms with Crippen molar-refractivity contribution in [3.8, 4) is 17.1 Å². The number of likely N-dealkylation sites (N-methyl/N-ethyl adjacent to an activating group) is 1. The molecule has 4 rings (SSSR count). The van der Waals surface area contributed by atoms with Crippen LogP contribution in [0.2, 0.25) is 5.02 Å². The Bertz CT molecular complexity index is 1180.